The second-order valence-electron chi connectivity index (χ2n) is 4.37. The minimum atomic E-state index is -0.504. The number of halogens is 2. The van der Waals surface area contributed by atoms with Crippen molar-refractivity contribution in [2.75, 3.05) is 6.54 Å². The summed E-state index contributed by atoms with van der Waals surface area (Å²) in [5.74, 6) is 0.382. The van der Waals surface area contributed by atoms with E-state index in [9.17, 15) is 4.39 Å². The van der Waals surface area contributed by atoms with E-state index in [0.717, 1.165) is 0 Å². The van der Waals surface area contributed by atoms with Gasteiger partial charge in [-0.05, 0) is 12.0 Å². The molecule has 1 heterocycles. The molecule has 2 aromatic rings. The lowest BCUT2D eigenvalue weighted by Gasteiger charge is -2.13. The fourth-order valence-electron chi connectivity index (χ4n) is 1.76. The fraction of sp³-hybridized carbons (Fsp3) is 0.417. The van der Waals surface area contributed by atoms with Crippen LogP contribution in [0.1, 0.15) is 25.7 Å². The molecule has 0 fully saturated rings. The van der Waals surface area contributed by atoms with Crippen LogP contribution in [0.25, 0.3) is 11.1 Å². The van der Waals surface area contributed by atoms with E-state index in [0.29, 0.717) is 29.5 Å². The molecule has 1 unspecified atom stereocenters. The molecule has 2 rings (SSSR count). The monoisotopic (exact) mass is 256 g/mol. The molecule has 1 aromatic heterocycles. The predicted molar refractivity (Wildman–Crippen MR) is 65.6 cm³/mol. The highest BCUT2D eigenvalue weighted by atomic mass is 35.5. The standard InChI is InChI=1S/C12H14ClFN2O/c1-6(2)7(5-15)12-16-10-3-8(13)9(14)4-11(10)17-12/h3-4,6-7H,5,15H2,1-2H3. The molecule has 0 aliphatic carbocycles. The van der Waals surface area contributed by atoms with E-state index >= 15 is 0 Å². The fourth-order valence-corrected chi connectivity index (χ4v) is 1.92. The summed E-state index contributed by atoms with van der Waals surface area (Å²) in [6.45, 7) is 4.53. The largest absolute Gasteiger partial charge is 0.440 e. The van der Waals surface area contributed by atoms with Gasteiger partial charge in [-0.1, -0.05) is 25.4 Å². The molecule has 2 N–H and O–H groups in total. The lowest BCUT2D eigenvalue weighted by Crippen LogP contribution is -2.17. The van der Waals surface area contributed by atoms with E-state index in [1.807, 2.05) is 13.8 Å². The van der Waals surface area contributed by atoms with Crippen LogP contribution in [0.4, 0.5) is 4.39 Å². The first-order chi connectivity index (χ1) is 8.02. The van der Waals surface area contributed by atoms with Crippen molar-refractivity contribution in [1.29, 1.82) is 0 Å². The number of nitrogens with two attached hydrogens (primary N) is 1. The average molecular weight is 257 g/mol. The first-order valence-corrected chi connectivity index (χ1v) is 5.86. The van der Waals surface area contributed by atoms with E-state index in [4.69, 9.17) is 21.8 Å². The molecule has 0 amide bonds. The van der Waals surface area contributed by atoms with Gasteiger partial charge in [-0.2, -0.15) is 0 Å². The number of rotatable bonds is 3. The van der Waals surface area contributed by atoms with Gasteiger partial charge in [-0.25, -0.2) is 9.37 Å². The van der Waals surface area contributed by atoms with Gasteiger partial charge in [0.1, 0.15) is 11.3 Å². The molecule has 0 radical (unpaired) electrons. The lowest BCUT2D eigenvalue weighted by molar-refractivity contribution is 0.400. The topological polar surface area (TPSA) is 52.0 Å². The van der Waals surface area contributed by atoms with Crippen LogP contribution in [0, 0.1) is 11.7 Å². The Labute approximate surface area is 104 Å². The van der Waals surface area contributed by atoms with Crippen LogP contribution in [0.3, 0.4) is 0 Å². The highest BCUT2D eigenvalue weighted by molar-refractivity contribution is 6.31. The third-order valence-electron chi connectivity index (χ3n) is 2.82. The van der Waals surface area contributed by atoms with Crippen molar-refractivity contribution in [3.05, 3.63) is 28.9 Å². The molecular weight excluding hydrogens is 243 g/mol. The van der Waals surface area contributed by atoms with Crippen LogP contribution >= 0.6 is 11.6 Å². The summed E-state index contributed by atoms with van der Waals surface area (Å²) in [7, 11) is 0. The average Bonchev–Trinajstić information content (AvgIpc) is 2.61. The summed E-state index contributed by atoms with van der Waals surface area (Å²) in [6, 6.07) is 2.72. The van der Waals surface area contributed by atoms with Gasteiger partial charge in [-0.3, -0.25) is 0 Å². The van der Waals surface area contributed by atoms with E-state index in [2.05, 4.69) is 4.98 Å². The zero-order valence-corrected chi connectivity index (χ0v) is 10.5. The molecule has 1 aromatic carbocycles. The molecule has 17 heavy (non-hydrogen) atoms. The number of aromatic nitrogens is 1. The zero-order valence-electron chi connectivity index (χ0n) is 9.71. The number of hydrogen-bond acceptors (Lipinski definition) is 3. The Morgan fingerprint density at radius 1 is 1.47 bits per heavy atom. The molecule has 0 aliphatic heterocycles. The molecule has 0 bridgehead atoms. The lowest BCUT2D eigenvalue weighted by atomic mass is 9.96. The molecule has 1 atom stereocenters. The normalized spacial score (nSPS) is 13.5. The van der Waals surface area contributed by atoms with Crippen LogP contribution in [0.5, 0.6) is 0 Å². The van der Waals surface area contributed by atoms with Crippen molar-refractivity contribution >= 4 is 22.7 Å². The molecule has 0 saturated heterocycles. The number of nitrogens with zero attached hydrogens (tertiary/aromatic N) is 1. The minimum absolute atomic E-state index is 0.0317. The maximum absolute atomic E-state index is 13.3. The van der Waals surface area contributed by atoms with Gasteiger partial charge in [0.25, 0.3) is 0 Å². The molecule has 0 saturated carbocycles. The highest BCUT2D eigenvalue weighted by Gasteiger charge is 2.20. The van der Waals surface area contributed by atoms with Crippen LogP contribution in [0.2, 0.25) is 5.02 Å². The Kier molecular flexibility index (Phi) is 3.35. The Bertz CT molecular complexity index is 500. The summed E-state index contributed by atoms with van der Waals surface area (Å²) in [5, 5.41) is 0.0474. The van der Waals surface area contributed by atoms with Gasteiger partial charge >= 0.3 is 0 Å². The van der Waals surface area contributed by atoms with Crippen molar-refractivity contribution in [3.8, 4) is 0 Å². The molecular formula is C12H14ClFN2O. The van der Waals surface area contributed by atoms with Crippen LogP contribution in [-0.4, -0.2) is 11.5 Å². The van der Waals surface area contributed by atoms with E-state index in [-0.39, 0.29) is 10.9 Å². The van der Waals surface area contributed by atoms with E-state index < -0.39 is 5.82 Å². The van der Waals surface area contributed by atoms with Gasteiger partial charge in [-0.15, -0.1) is 0 Å². The van der Waals surface area contributed by atoms with E-state index in [1.54, 1.807) is 0 Å². The predicted octanol–water partition coefficient (Wildman–Crippen LogP) is 3.32. The van der Waals surface area contributed by atoms with Gasteiger partial charge in [0, 0.05) is 12.6 Å². The Morgan fingerprint density at radius 3 is 2.76 bits per heavy atom. The maximum atomic E-state index is 13.3. The van der Waals surface area contributed by atoms with Gasteiger partial charge in [0.15, 0.2) is 11.5 Å². The summed E-state index contributed by atoms with van der Waals surface area (Å²) in [4.78, 5) is 4.31. The molecule has 92 valence electrons. The SMILES string of the molecule is CC(C)C(CN)c1nc2cc(Cl)c(F)cc2o1. The van der Waals surface area contributed by atoms with Gasteiger partial charge in [0.05, 0.1) is 10.9 Å². The first-order valence-electron chi connectivity index (χ1n) is 5.48. The quantitative estimate of drug-likeness (QED) is 0.917. The van der Waals surface area contributed by atoms with Crippen molar-refractivity contribution in [3.63, 3.8) is 0 Å². The smallest absolute Gasteiger partial charge is 0.200 e. The van der Waals surface area contributed by atoms with Crippen LogP contribution in [-0.2, 0) is 0 Å². The molecule has 0 aliphatic rings. The number of fused-ring (bicyclic) bond motifs is 1. The first kappa shape index (κ1) is 12.3. The summed E-state index contributed by atoms with van der Waals surface area (Å²) in [5.41, 5.74) is 6.65. The Balaban J connectivity index is 2.50. The van der Waals surface area contributed by atoms with Crippen molar-refractivity contribution in [2.45, 2.75) is 19.8 Å². The molecule has 0 spiro atoms. The minimum Gasteiger partial charge on any atom is -0.440 e. The zero-order chi connectivity index (χ0) is 12.6. The van der Waals surface area contributed by atoms with Crippen LogP contribution < -0.4 is 5.73 Å². The van der Waals surface area contributed by atoms with Crippen LogP contribution in [0.15, 0.2) is 16.5 Å². The van der Waals surface area contributed by atoms with Crippen molar-refractivity contribution in [2.24, 2.45) is 11.7 Å². The Morgan fingerprint density at radius 2 is 2.18 bits per heavy atom. The second kappa shape index (κ2) is 4.63. The highest BCUT2D eigenvalue weighted by Crippen LogP contribution is 2.28. The van der Waals surface area contributed by atoms with Gasteiger partial charge < -0.3 is 10.2 Å². The number of hydrogen-bond donors (Lipinski definition) is 1. The second-order valence-corrected chi connectivity index (χ2v) is 4.78. The third kappa shape index (κ3) is 2.28. The summed E-state index contributed by atoms with van der Waals surface area (Å²) < 4.78 is 18.8. The Hall–Kier alpha value is -1.13. The maximum Gasteiger partial charge on any atom is 0.200 e. The molecule has 5 heteroatoms. The molecule has 3 nitrogen and oxygen atoms in total. The summed E-state index contributed by atoms with van der Waals surface area (Å²) >= 11 is 5.69. The van der Waals surface area contributed by atoms with Crippen molar-refractivity contribution in [1.82, 2.24) is 4.98 Å². The summed E-state index contributed by atoms with van der Waals surface area (Å²) in [6.07, 6.45) is 0. The third-order valence-corrected chi connectivity index (χ3v) is 3.11. The van der Waals surface area contributed by atoms with E-state index in [1.165, 1.54) is 12.1 Å². The number of benzene rings is 1. The number of oxazole rings is 1. The van der Waals surface area contributed by atoms with Gasteiger partial charge in [0.2, 0.25) is 0 Å². The van der Waals surface area contributed by atoms with Crippen molar-refractivity contribution < 1.29 is 8.81 Å².